The first-order chi connectivity index (χ1) is 14.1. The second-order valence-electron chi connectivity index (χ2n) is 7.20. The van der Waals surface area contributed by atoms with Crippen molar-refractivity contribution in [1.82, 2.24) is 24.8 Å². The molecule has 1 fully saturated rings. The van der Waals surface area contributed by atoms with Gasteiger partial charge in [-0.15, -0.1) is 5.10 Å². The van der Waals surface area contributed by atoms with Crippen LogP contribution in [0.25, 0.3) is 27.7 Å². The summed E-state index contributed by atoms with van der Waals surface area (Å²) < 4.78 is 21.5. The van der Waals surface area contributed by atoms with Crippen molar-refractivity contribution in [3.63, 3.8) is 0 Å². The summed E-state index contributed by atoms with van der Waals surface area (Å²) in [6.45, 7) is 2.79. The topological polar surface area (TPSA) is 97.5 Å². The third-order valence-electron chi connectivity index (χ3n) is 5.24. The maximum atomic E-state index is 14.5. The number of aryl methyl sites for hydroxylation is 1. The first kappa shape index (κ1) is 17.9. The standard InChI is InChI=1S/C20H19FN6O2/c1-11-6-13-7-12(2-3-16(13)27-17(11)9-23-26-27)19-14(21)8-22-20(25-19)24-15-4-5-29-10-18(15)28/h2-3,6-9,15,18,28H,4-5,10H2,1H3,(H,22,24,25)/t15-,18-/m1/s1. The number of pyridine rings is 1. The second-order valence-corrected chi connectivity index (χ2v) is 7.20. The largest absolute Gasteiger partial charge is 0.389 e. The Kier molecular flexibility index (Phi) is 4.33. The number of benzene rings is 1. The Labute approximate surface area is 165 Å². The predicted octanol–water partition coefficient (Wildman–Crippen LogP) is 2.35. The Morgan fingerprint density at radius 3 is 3.00 bits per heavy atom. The van der Waals surface area contributed by atoms with Gasteiger partial charge in [0, 0.05) is 17.6 Å². The van der Waals surface area contributed by atoms with E-state index < -0.39 is 11.9 Å². The van der Waals surface area contributed by atoms with Gasteiger partial charge >= 0.3 is 0 Å². The van der Waals surface area contributed by atoms with Crippen LogP contribution in [-0.2, 0) is 4.74 Å². The Morgan fingerprint density at radius 1 is 1.24 bits per heavy atom. The van der Waals surface area contributed by atoms with Gasteiger partial charge in [0.1, 0.15) is 5.69 Å². The molecule has 2 atom stereocenters. The van der Waals surface area contributed by atoms with Crippen LogP contribution in [0.15, 0.2) is 36.7 Å². The Bertz CT molecular complexity index is 1210. The third-order valence-corrected chi connectivity index (χ3v) is 5.24. The maximum absolute atomic E-state index is 14.5. The molecule has 148 valence electrons. The van der Waals surface area contributed by atoms with E-state index in [1.807, 2.05) is 25.1 Å². The molecule has 0 bridgehead atoms. The summed E-state index contributed by atoms with van der Waals surface area (Å²) in [6.07, 6.45) is 2.83. The van der Waals surface area contributed by atoms with E-state index in [0.717, 1.165) is 28.2 Å². The number of halogens is 1. The van der Waals surface area contributed by atoms with Gasteiger partial charge in [-0.2, -0.15) is 0 Å². The quantitative estimate of drug-likeness (QED) is 0.550. The van der Waals surface area contributed by atoms with Gasteiger partial charge in [-0.25, -0.2) is 18.9 Å². The lowest BCUT2D eigenvalue weighted by molar-refractivity contribution is -0.0136. The van der Waals surface area contributed by atoms with E-state index in [4.69, 9.17) is 4.74 Å². The van der Waals surface area contributed by atoms with Crippen molar-refractivity contribution in [2.45, 2.75) is 25.5 Å². The lowest BCUT2D eigenvalue weighted by Gasteiger charge is -2.28. The molecule has 1 aliphatic rings. The van der Waals surface area contributed by atoms with E-state index in [2.05, 4.69) is 25.6 Å². The summed E-state index contributed by atoms with van der Waals surface area (Å²) in [5.41, 5.74) is 3.66. The van der Waals surface area contributed by atoms with Crippen LogP contribution in [0, 0.1) is 12.7 Å². The number of nitrogens with one attached hydrogen (secondary N) is 1. The van der Waals surface area contributed by atoms with E-state index in [0.29, 0.717) is 18.6 Å². The molecule has 3 aromatic heterocycles. The molecule has 0 amide bonds. The summed E-state index contributed by atoms with van der Waals surface area (Å²) in [7, 11) is 0. The minimum atomic E-state index is -0.658. The van der Waals surface area contributed by atoms with E-state index in [1.54, 1.807) is 16.8 Å². The molecule has 0 unspecified atom stereocenters. The fourth-order valence-electron chi connectivity index (χ4n) is 3.70. The van der Waals surface area contributed by atoms with Crippen LogP contribution in [0.1, 0.15) is 12.0 Å². The molecule has 1 aromatic carbocycles. The minimum absolute atomic E-state index is 0.197. The molecular formula is C20H19FN6O2. The molecule has 29 heavy (non-hydrogen) atoms. The highest BCUT2D eigenvalue weighted by Crippen LogP contribution is 2.27. The van der Waals surface area contributed by atoms with Crippen LogP contribution in [0.4, 0.5) is 10.3 Å². The number of fused-ring (bicyclic) bond motifs is 3. The fraction of sp³-hybridized carbons (Fsp3) is 0.300. The second kappa shape index (κ2) is 7.02. The molecule has 5 rings (SSSR count). The minimum Gasteiger partial charge on any atom is -0.389 e. The summed E-state index contributed by atoms with van der Waals surface area (Å²) in [5, 5.41) is 22.2. The van der Waals surface area contributed by atoms with Gasteiger partial charge in [0.25, 0.3) is 0 Å². The number of hydrogen-bond donors (Lipinski definition) is 2. The van der Waals surface area contributed by atoms with Crippen LogP contribution in [0.5, 0.6) is 0 Å². The van der Waals surface area contributed by atoms with Gasteiger partial charge in [0.05, 0.1) is 42.2 Å². The first-order valence-electron chi connectivity index (χ1n) is 9.39. The molecule has 1 saturated heterocycles. The van der Waals surface area contributed by atoms with E-state index in [1.165, 1.54) is 0 Å². The van der Waals surface area contributed by atoms with Crippen LogP contribution in [0.3, 0.4) is 0 Å². The maximum Gasteiger partial charge on any atom is 0.223 e. The monoisotopic (exact) mass is 394 g/mol. The summed E-state index contributed by atoms with van der Waals surface area (Å²) >= 11 is 0. The van der Waals surface area contributed by atoms with Crippen molar-refractivity contribution in [2.75, 3.05) is 18.5 Å². The third kappa shape index (κ3) is 3.18. The van der Waals surface area contributed by atoms with Crippen molar-refractivity contribution in [2.24, 2.45) is 0 Å². The molecule has 4 heterocycles. The number of nitrogens with zero attached hydrogens (tertiary/aromatic N) is 5. The molecule has 9 heteroatoms. The molecule has 8 nitrogen and oxygen atoms in total. The molecule has 0 spiro atoms. The average Bonchev–Trinajstić information content (AvgIpc) is 3.22. The molecule has 0 radical (unpaired) electrons. The zero-order valence-corrected chi connectivity index (χ0v) is 15.7. The van der Waals surface area contributed by atoms with Crippen molar-refractivity contribution in [3.8, 4) is 11.3 Å². The summed E-state index contributed by atoms with van der Waals surface area (Å²) in [4.78, 5) is 8.40. The van der Waals surface area contributed by atoms with Crippen molar-refractivity contribution < 1.29 is 14.2 Å². The molecule has 0 saturated carbocycles. The first-order valence-corrected chi connectivity index (χ1v) is 9.39. The molecule has 2 N–H and O–H groups in total. The smallest absolute Gasteiger partial charge is 0.223 e. The van der Waals surface area contributed by atoms with E-state index >= 15 is 0 Å². The van der Waals surface area contributed by atoms with Gasteiger partial charge < -0.3 is 15.2 Å². The van der Waals surface area contributed by atoms with Crippen molar-refractivity contribution in [1.29, 1.82) is 0 Å². The lowest BCUT2D eigenvalue weighted by Crippen LogP contribution is -2.42. The Hall–Kier alpha value is -3.17. The number of anilines is 1. The summed E-state index contributed by atoms with van der Waals surface area (Å²) in [5.74, 6) is -0.240. The van der Waals surface area contributed by atoms with Crippen LogP contribution < -0.4 is 5.32 Å². The van der Waals surface area contributed by atoms with E-state index in [-0.39, 0.29) is 24.3 Å². The number of ether oxygens (including phenoxy) is 1. The van der Waals surface area contributed by atoms with Crippen LogP contribution >= 0.6 is 0 Å². The van der Waals surface area contributed by atoms with E-state index in [9.17, 15) is 9.50 Å². The van der Waals surface area contributed by atoms with Crippen LogP contribution in [-0.4, -0.2) is 55.3 Å². The molecule has 0 aliphatic carbocycles. The number of aliphatic hydroxyl groups is 1. The number of aromatic nitrogens is 5. The highest BCUT2D eigenvalue weighted by atomic mass is 19.1. The zero-order valence-electron chi connectivity index (χ0n) is 15.7. The van der Waals surface area contributed by atoms with Gasteiger partial charge in [-0.3, -0.25) is 0 Å². The van der Waals surface area contributed by atoms with Gasteiger partial charge in [0.15, 0.2) is 5.82 Å². The fourth-order valence-corrected chi connectivity index (χ4v) is 3.70. The average molecular weight is 394 g/mol. The van der Waals surface area contributed by atoms with Gasteiger partial charge in [-0.1, -0.05) is 11.3 Å². The van der Waals surface area contributed by atoms with Crippen LogP contribution in [0.2, 0.25) is 0 Å². The van der Waals surface area contributed by atoms with Gasteiger partial charge in [-0.05, 0) is 37.1 Å². The zero-order chi connectivity index (χ0) is 20.0. The molecule has 1 aliphatic heterocycles. The van der Waals surface area contributed by atoms with Crippen molar-refractivity contribution >= 4 is 22.4 Å². The Balaban J connectivity index is 1.54. The number of hydrogen-bond acceptors (Lipinski definition) is 7. The summed E-state index contributed by atoms with van der Waals surface area (Å²) in [6, 6.07) is 7.35. The van der Waals surface area contributed by atoms with Gasteiger partial charge in [0.2, 0.25) is 5.95 Å². The molecular weight excluding hydrogens is 375 g/mol. The highest BCUT2D eigenvalue weighted by Gasteiger charge is 2.24. The predicted molar refractivity (Wildman–Crippen MR) is 105 cm³/mol. The Morgan fingerprint density at radius 2 is 2.14 bits per heavy atom. The normalized spacial score (nSPS) is 19.7. The van der Waals surface area contributed by atoms with Crippen molar-refractivity contribution in [3.05, 3.63) is 48.0 Å². The number of aliphatic hydroxyl groups excluding tert-OH is 1. The molecule has 4 aromatic rings. The lowest BCUT2D eigenvalue weighted by atomic mass is 10.1. The SMILES string of the molecule is Cc1cc2cc(-c3nc(N[C@@H]4CCOC[C@H]4O)ncc3F)ccc2n2nncc12. The highest BCUT2D eigenvalue weighted by molar-refractivity contribution is 5.87. The number of rotatable bonds is 3.